The molecule has 0 unspecified atom stereocenters. The number of fused-ring (bicyclic) bond motifs is 1. The van der Waals surface area contributed by atoms with Crippen molar-refractivity contribution in [1.29, 1.82) is 0 Å². The molecule has 0 aliphatic carbocycles. The first kappa shape index (κ1) is 13.8. The van der Waals surface area contributed by atoms with E-state index in [1.807, 2.05) is 50.4 Å². The fourth-order valence-electron chi connectivity index (χ4n) is 3.29. The average Bonchev–Trinajstić information content (AvgIpc) is 3.08. The Labute approximate surface area is 134 Å². The molecule has 3 heteroatoms. The minimum absolute atomic E-state index is 0.237. The molecule has 0 saturated carbocycles. The topological polar surface area (TPSA) is 31.2 Å². The van der Waals surface area contributed by atoms with E-state index in [1.54, 1.807) is 0 Å². The summed E-state index contributed by atoms with van der Waals surface area (Å²) in [4.78, 5) is 12.3. The zero-order chi connectivity index (χ0) is 16.0. The highest BCUT2D eigenvalue weighted by Crippen LogP contribution is 2.36. The zero-order valence-electron chi connectivity index (χ0n) is 13.2. The van der Waals surface area contributed by atoms with Gasteiger partial charge in [0.2, 0.25) is 0 Å². The molecule has 114 valence electrons. The van der Waals surface area contributed by atoms with E-state index in [4.69, 9.17) is 4.74 Å². The SMILES string of the molecule is Cc1cccc(C2=C(c3cn(C)c4ccccc34)COC2=O)c1. The second-order valence-electron chi connectivity index (χ2n) is 5.97. The molecule has 3 aromatic rings. The summed E-state index contributed by atoms with van der Waals surface area (Å²) in [6, 6.07) is 16.2. The lowest BCUT2D eigenvalue weighted by Crippen LogP contribution is -1.98. The summed E-state index contributed by atoms with van der Waals surface area (Å²) in [7, 11) is 2.02. The van der Waals surface area contributed by atoms with Crippen molar-refractivity contribution >= 4 is 28.0 Å². The van der Waals surface area contributed by atoms with Crippen LogP contribution in [-0.2, 0) is 16.6 Å². The number of esters is 1. The van der Waals surface area contributed by atoms with E-state index in [9.17, 15) is 4.79 Å². The number of benzene rings is 2. The summed E-state index contributed by atoms with van der Waals surface area (Å²) in [6.07, 6.45) is 2.08. The number of rotatable bonds is 2. The Hall–Kier alpha value is -2.81. The molecule has 0 saturated heterocycles. The summed E-state index contributed by atoms with van der Waals surface area (Å²) in [6.45, 7) is 2.36. The van der Waals surface area contributed by atoms with E-state index < -0.39 is 0 Å². The summed E-state index contributed by atoms with van der Waals surface area (Å²) in [5.41, 5.74) is 5.94. The Morgan fingerprint density at radius 1 is 1.09 bits per heavy atom. The summed E-state index contributed by atoms with van der Waals surface area (Å²) in [5.74, 6) is -0.237. The van der Waals surface area contributed by atoms with Crippen LogP contribution in [-0.4, -0.2) is 17.1 Å². The Bertz CT molecular complexity index is 963. The molecule has 1 aromatic heterocycles. The lowest BCUT2D eigenvalue weighted by Gasteiger charge is -2.04. The van der Waals surface area contributed by atoms with Crippen LogP contribution in [0.2, 0.25) is 0 Å². The number of nitrogens with zero attached hydrogens (tertiary/aromatic N) is 1. The van der Waals surface area contributed by atoms with Gasteiger partial charge >= 0.3 is 5.97 Å². The maximum absolute atomic E-state index is 12.3. The van der Waals surface area contributed by atoms with Crippen LogP contribution in [0.25, 0.3) is 22.0 Å². The van der Waals surface area contributed by atoms with E-state index in [0.29, 0.717) is 12.2 Å². The largest absolute Gasteiger partial charge is 0.457 e. The summed E-state index contributed by atoms with van der Waals surface area (Å²) >= 11 is 0. The predicted molar refractivity (Wildman–Crippen MR) is 91.9 cm³/mol. The van der Waals surface area contributed by atoms with Gasteiger partial charge in [0, 0.05) is 35.3 Å². The van der Waals surface area contributed by atoms with Crippen molar-refractivity contribution < 1.29 is 9.53 Å². The van der Waals surface area contributed by atoms with Crippen LogP contribution in [0.5, 0.6) is 0 Å². The van der Waals surface area contributed by atoms with Crippen molar-refractivity contribution in [2.75, 3.05) is 6.61 Å². The molecule has 0 fully saturated rings. The fourth-order valence-corrected chi connectivity index (χ4v) is 3.29. The number of carbonyl (C=O) groups excluding carboxylic acids is 1. The highest BCUT2D eigenvalue weighted by Gasteiger charge is 2.28. The molecule has 4 rings (SSSR count). The van der Waals surface area contributed by atoms with E-state index in [0.717, 1.165) is 33.2 Å². The monoisotopic (exact) mass is 303 g/mol. The maximum atomic E-state index is 12.3. The molecule has 2 heterocycles. The lowest BCUT2D eigenvalue weighted by molar-refractivity contribution is -0.133. The Kier molecular flexibility index (Phi) is 3.08. The Balaban J connectivity index is 1.99. The number of aromatic nitrogens is 1. The third-order valence-corrected chi connectivity index (χ3v) is 4.38. The number of para-hydroxylation sites is 1. The van der Waals surface area contributed by atoms with E-state index in [2.05, 4.69) is 22.9 Å². The smallest absolute Gasteiger partial charge is 0.339 e. The van der Waals surface area contributed by atoms with Gasteiger partial charge in [-0.05, 0) is 18.6 Å². The third-order valence-electron chi connectivity index (χ3n) is 4.38. The van der Waals surface area contributed by atoms with Crippen LogP contribution < -0.4 is 0 Å². The zero-order valence-corrected chi connectivity index (χ0v) is 13.2. The second-order valence-corrected chi connectivity index (χ2v) is 5.97. The van der Waals surface area contributed by atoms with Gasteiger partial charge in [0.25, 0.3) is 0 Å². The van der Waals surface area contributed by atoms with Crippen molar-refractivity contribution in [3.63, 3.8) is 0 Å². The minimum Gasteiger partial charge on any atom is -0.457 e. The molecular weight excluding hydrogens is 286 g/mol. The van der Waals surface area contributed by atoms with Crippen LogP contribution >= 0.6 is 0 Å². The van der Waals surface area contributed by atoms with Gasteiger partial charge in [-0.1, -0.05) is 48.0 Å². The normalized spacial score (nSPS) is 14.6. The minimum atomic E-state index is -0.237. The Morgan fingerprint density at radius 3 is 2.74 bits per heavy atom. The van der Waals surface area contributed by atoms with E-state index in [-0.39, 0.29) is 5.97 Å². The second kappa shape index (κ2) is 5.13. The van der Waals surface area contributed by atoms with Crippen LogP contribution in [0.1, 0.15) is 16.7 Å². The van der Waals surface area contributed by atoms with Crippen molar-refractivity contribution in [3.05, 3.63) is 71.4 Å². The van der Waals surface area contributed by atoms with Crippen molar-refractivity contribution in [2.45, 2.75) is 6.92 Å². The lowest BCUT2D eigenvalue weighted by atomic mass is 9.95. The first-order valence-corrected chi connectivity index (χ1v) is 7.67. The van der Waals surface area contributed by atoms with Gasteiger partial charge in [0.05, 0.1) is 5.57 Å². The first-order valence-electron chi connectivity index (χ1n) is 7.67. The number of cyclic esters (lactones) is 1. The average molecular weight is 303 g/mol. The number of carbonyl (C=O) groups is 1. The third kappa shape index (κ3) is 2.16. The first-order chi connectivity index (χ1) is 11.1. The molecule has 2 aromatic carbocycles. The van der Waals surface area contributed by atoms with Gasteiger partial charge in [-0.25, -0.2) is 4.79 Å². The van der Waals surface area contributed by atoms with Crippen molar-refractivity contribution in [1.82, 2.24) is 4.57 Å². The molecule has 0 radical (unpaired) electrons. The van der Waals surface area contributed by atoms with Crippen molar-refractivity contribution in [2.24, 2.45) is 7.05 Å². The summed E-state index contributed by atoms with van der Waals surface area (Å²) in [5, 5.41) is 1.15. The maximum Gasteiger partial charge on any atom is 0.339 e. The molecule has 0 atom stereocenters. The van der Waals surface area contributed by atoms with E-state index >= 15 is 0 Å². The fraction of sp³-hybridized carbons (Fsp3) is 0.150. The molecule has 0 spiro atoms. The number of hydrogen-bond acceptors (Lipinski definition) is 2. The number of ether oxygens (including phenoxy) is 1. The van der Waals surface area contributed by atoms with Crippen LogP contribution in [0.3, 0.4) is 0 Å². The van der Waals surface area contributed by atoms with Gasteiger partial charge in [0.15, 0.2) is 0 Å². The highest BCUT2D eigenvalue weighted by molar-refractivity contribution is 6.28. The molecule has 23 heavy (non-hydrogen) atoms. The highest BCUT2D eigenvalue weighted by atomic mass is 16.5. The molecule has 1 aliphatic rings. The van der Waals surface area contributed by atoms with Gasteiger partial charge < -0.3 is 9.30 Å². The molecule has 1 aliphatic heterocycles. The molecule has 0 bridgehead atoms. The van der Waals surface area contributed by atoms with Crippen molar-refractivity contribution in [3.8, 4) is 0 Å². The van der Waals surface area contributed by atoms with Gasteiger partial charge in [0.1, 0.15) is 6.61 Å². The van der Waals surface area contributed by atoms with Gasteiger partial charge in [-0.15, -0.1) is 0 Å². The summed E-state index contributed by atoms with van der Waals surface area (Å²) < 4.78 is 7.45. The molecular formula is C20H17NO2. The van der Waals surface area contributed by atoms with E-state index in [1.165, 1.54) is 0 Å². The molecule has 0 amide bonds. The van der Waals surface area contributed by atoms with Crippen LogP contribution in [0.15, 0.2) is 54.7 Å². The quantitative estimate of drug-likeness (QED) is 0.671. The standard InChI is InChI=1S/C20H17NO2/c1-13-6-5-7-14(10-13)19-17(12-23-20(19)22)16-11-21(2)18-9-4-3-8-15(16)18/h3-11H,12H2,1-2H3. The molecule has 3 nitrogen and oxygen atoms in total. The molecule has 0 N–H and O–H groups in total. The Morgan fingerprint density at radius 2 is 1.91 bits per heavy atom. The number of aryl methyl sites for hydroxylation is 2. The number of hydrogen-bond donors (Lipinski definition) is 0. The predicted octanol–water partition coefficient (Wildman–Crippen LogP) is 3.95. The van der Waals surface area contributed by atoms with Crippen LogP contribution in [0.4, 0.5) is 0 Å². The van der Waals surface area contributed by atoms with Gasteiger partial charge in [-0.3, -0.25) is 0 Å². The van der Waals surface area contributed by atoms with Gasteiger partial charge in [-0.2, -0.15) is 0 Å². The van der Waals surface area contributed by atoms with Crippen LogP contribution in [0, 0.1) is 6.92 Å².